The van der Waals surface area contributed by atoms with Gasteiger partial charge in [0.1, 0.15) is 0 Å². The van der Waals surface area contributed by atoms with Crippen molar-refractivity contribution >= 4 is 16.8 Å². The first-order chi connectivity index (χ1) is 11.8. The van der Waals surface area contributed by atoms with Crippen LogP contribution in [0.4, 0.5) is 0 Å². The number of amides is 1. The smallest absolute Gasteiger partial charge is 0.227 e. The minimum atomic E-state index is -0.00354. The molecule has 5 nitrogen and oxygen atoms in total. The summed E-state index contributed by atoms with van der Waals surface area (Å²) < 4.78 is 3.96. The molecule has 2 aromatic heterocycles. The second-order valence-corrected chi connectivity index (χ2v) is 6.85. The Morgan fingerprint density at radius 3 is 2.56 bits per heavy atom. The van der Waals surface area contributed by atoms with E-state index < -0.39 is 0 Å². The first-order valence-corrected chi connectivity index (χ1v) is 8.60. The summed E-state index contributed by atoms with van der Waals surface area (Å²) in [6.45, 7) is 6.12. The molecule has 0 aliphatic heterocycles. The van der Waals surface area contributed by atoms with Gasteiger partial charge in [-0.05, 0) is 32.4 Å². The minimum absolute atomic E-state index is 0.00354. The van der Waals surface area contributed by atoms with Gasteiger partial charge >= 0.3 is 0 Å². The van der Waals surface area contributed by atoms with Crippen LogP contribution in [-0.2, 0) is 25.3 Å². The average Bonchev–Trinajstić information content (AvgIpc) is 3.03. The Morgan fingerprint density at radius 2 is 1.92 bits per heavy atom. The maximum absolute atomic E-state index is 12.9. The third-order valence-corrected chi connectivity index (χ3v) is 5.28. The zero-order chi connectivity index (χ0) is 18.3. The van der Waals surface area contributed by atoms with E-state index in [1.807, 2.05) is 49.8 Å². The Balaban J connectivity index is 1.85. The lowest BCUT2D eigenvalue weighted by Crippen LogP contribution is -2.31. The molecule has 1 amide bonds. The van der Waals surface area contributed by atoms with Crippen molar-refractivity contribution in [3.8, 4) is 0 Å². The average molecular weight is 338 g/mol. The molecule has 25 heavy (non-hydrogen) atoms. The Bertz CT molecular complexity index is 935. The number of rotatable bonds is 4. The van der Waals surface area contributed by atoms with Gasteiger partial charge in [0.15, 0.2) is 0 Å². The molecule has 0 fully saturated rings. The van der Waals surface area contributed by atoms with Gasteiger partial charge in [-0.15, -0.1) is 0 Å². The normalized spacial score (nSPS) is 12.6. The van der Waals surface area contributed by atoms with Crippen LogP contribution in [0.3, 0.4) is 0 Å². The van der Waals surface area contributed by atoms with E-state index in [0.717, 1.165) is 33.4 Å². The molecule has 3 aromatic rings. The molecule has 0 spiro atoms. The summed E-state index contributed by atoms with van der Waals surface area (Å²) in [6, 6.07) is 8.20. The lowest BCUT2D eigenvalue weighted by Gasteiger charge is -2.25. The monoisotopic (exact) mass is 338 g/mol. The van der Waals surface area contributed by atoms with Crippen LogP contribution in [0.5, 0.6) is 0 Å². The molecule has 0 N–H and O–H groups in total. The van der Waals surface area contributed by atoms with E-state index in [4.69, 9.17) is 0 Å². The molecular formula is C20H26N4O. The first kappa shape index (κ1) is 17.3. The van der Waals surface area contributed by atoms with E-state index >= 15 is 0 Å². The maximum Gasteiger partial charge on any atom is 0.227 e. The van der Waals surface area contributed by atoms with E-state index in [9.17, 15) is 4.79 Å². The highest BCUT2D eigenvalue weighted by molar-refractivity contribution is 5.89. The minimum Gasteiger partial charge on any atom is -0.350 e. The number of aryl methyl sites for hydroxylation is 3. The molecule has 0 saturated carbocycles. The number of likely N-dealkylation sites (N-methyl/N-ethyl adjacent to an activating group) is 1. The maximum atomic E-state index is 12.9. The summed E-state index contributed by atoms with van der Waals surface area (Å²) in [7, 11) is 5.84. The molecule has 0 bridgehead atoms. The summed E-state index contributed by atoms with van der Waals surface area (Å²) in [5.74, 6) is 0.117. The highest BCUT2D eigenvalue weighted by Crippen LogP contribution is 2.27. The van der Waals surface area contributed by atoms with Gasteiger partial charge in [0.2, 0.25) is 5.91 Å². The van der Waals surface area contributed by atoms with Crippen molar-refractivity contribution in [3.63, 3.8) is 0 Å². The zero-order valence-corrected chi connectivity index (χ0v) is 15.9. The standard InChI is InChI=1S/C20H26N4O/c1-13-20(15(3)24(6)21-13)14(2)23(5)19(25)11-16-12-22(4)18-10-8-7-9-17(16)18/h7-10,12,14H,11H2,1-6H3/t14-/m1/s1. The molecule has 0 aliphatic carbocycles. The number of fused-ring (bicyclic) bond motifs is 1. The second kappa shape index (κ2) is 6.39. The zero-order valence-electron chi connectivity index (χ0n) is 15.9. The summed E-state index contributed by atoms with van der Waals surface area (Å²) in [5, 5.41) is 5.62. The van der Waals surface area contributed by atoms with Crippen molar-refractivity contribution in [2.75, 3.05) is 7.05 Å². The van der Waals surface area contributed by atoms with Crippen LogP contribution in [0.25, 0.3) is 10.9 Å². The molecule has 0 unspecified atom stereocenters. The molecule has 132 valence electrons. The van der Waals surface area contributed by atoms with Gasteiger partial charge in [-0.2, -0.15) is 5.10 Å². The van der Waals surface area contributed by atoms with Gasteiger partial charge in [0.05, 0.1) is 18.2 Å². The van der Waals surface area contributed by atoms with Crippen molar-refractivity contribution in [2.45, 2.75) is 33.2 Å². The van der Waals surface area contributed by atoms with Gasteiger partial charge in [-0.3, -0.25) is 9.48 Å². The first-order valence-electron chi connectivity index (χ1n) is 8.60. The van der Waals surface area contributed by atoms with Crippen molar-refractivity contribution in [1.82, 2.24) is 19.2 Å². The van der Waals surface area contributed by atoms with Crippen LogP contribution >= 0.6 is 0 Å². The lowest BCUT2D eigenvalue weighted by atomic mass is 10.0. The molecule has 1 aromatic carbocycles. The van der Waals surface area contributed by atoms with E-state index in [0.29, 0.717) is 6.42 Å². The van der Waals surface area contributed by atoms with Crippen LogP contribution in [0, 0.1) is 13.8 Å². The highest BCUT2D eigenvalue weighted by Gasteiger charge is 2.24. The third-order valence-electron chi connectivity index (χ3n) is 5.28. The Hall–Kier alpha value is -2.56. The van der Waals surface area contributed by atoms with E-state index in [1.165, 1.54) is 0 Å². The summed E-state index contributed by atoms with van der Waals surface area (Å²) >= 11 is 0. The fourth-order valence-corrected chi connectivity index (χ4v) is 3.66. The van der Waals surface area contributed by atoms with Crippen LogP contribution in [0.15, 0.2) is 30.5 Å². The Kier molecular flexibility index (Phi) is 4.41. The van der Waals surface area contributed by atoms with Crippen LogP contribution in [0.2, 0.25) is 0 Å². The van der Waals surface area contributed by atoms with Crippen molar-refractivity contribution in [2.24, 2.45) is 14.1 Å². The number of hydrogen-bond acceptors (Lipinski definition) is 2. The molecule has 0 saturated heterocycles. The number of hydrogen-bond donors (Lipinski definition) is 0. The van der Waals surface area contributed by atoms with Gasteiger partial charge in [-0.25, -0.2) is 0 Å². The molecule has 5 heteroatoms. The van der Waals surface area contributed by atoms with Crippen LogP contribution in [-0.4, -0.2) is 32.2 Å². The van der Waals surface area contributed by atoms with Crippen LogP contribution in [0.1, 0.15) is 35.5 Å². The fraction of sp³-hybridized carbons (Fsp3) is 0.400. The number of para-hydroxylation sites is 1. The predicted octanol–water partition coefficient (Wildman–Crippen LogP) is 3.29. The predicted molar refractivity (Wildman–Crippen MR) is 100 cm³/mol. The molecule has 0 radical (unpaired) electrons. The summed E-state index contributed by atoms with van der Waals surface area (Å²) in [6.07, 6.45) is 2.46. The molecule has 2 heterocycles. The van der Waals surface area contributed by atoms with Gasteiger partial charge in [-0.1, -0.05) is 18.2 Å². The number of aromatic nitrogens is 3. The number of carbonyl (C=O) groups excluding carboxylic acids is 1. The van der Waals surface area contributed by atoms with Crippen molar-refractivity contribution in [1.29, 1.82) is 0 Å². The SMILES string of the molecule is Cc1nn(C)c(C)c1[C@@H](C)N(C)C(=O)Cc1cn(C)c2ccccc12. The van der Waals surface area contributed by atoms with Gasteiger partial charge < -0.3 is 9.47 Å². The molecule has 0 aliphatic rings. The summed E-state index contributed by atoms with van der Waals surface area (Å²) in [4.78, 5) is 14.7. The quantitative estimate of drug-likeness (QED) is 0.732. The number of carbonyl (C=O) groups is 1. The van der Waals surface area contributed by atoms with E-state index in [2.05, 4.69) is 41.8 Å². The van der Waals surface area contributed by atoms with E-state index in [-0.39, 0.29) is 11.9 Å². The van der Waals surface area contributed by atoms with E-state index in [1.54, 1.807) is 0 Å². The molecule has 1 atom stereocenters. The summed E-state index contributed by atoms with van der Waals surface area (Å²) in [5.41, 5.74) is 5.45. The highest BCUT2D eigenvalue weighted by atomic mass is 16.2. The largest absolute Gasteiger partial charge is 0.350 e. The number of benzene rings is 1. The molecular weight excluding hydrogens is 312 g/mol. The van der Waals surface area contributed by atoms with Gasteiger partial charge in [0, 0.05) is 49.5 Å². The number of nitrogens with zero attached hydrogens (tertiary/aromatic N) is 4. The van der Waals surface area contributed by atoms with Crippen LogP contribution < -0.4 is 0 Å². The van der Waals surface area contributed by atoms with Gasteiger partial charge in [0.25, 0.3) is 0 Å². The Morgan fingerprint density at radius 1 is 1.24 bits per heavy atom. The lowest BCUT2D eigenvalue weighted by molar-refractivity contribution is -0.131. The topological polar surface area (TPSA) is 43.1 Å². The van der Waals surface area contributed by atoms with Crippen molar-refractivity contribution in [3.05, 3.63) is 53.0 Å². The Labute approximate surface area is 148 Å². The second-order valence-electron chi connectivity index (χ2n) is 6.85. The molecule has 3 rings (SSSR count). The third kappa shape index (κ3) is 2.95. The fourth-order valence-electron chi connectivity index (χ4n) is 3.66. The van der Waals surface area contributed by atoms with Crippen molar-refractivity contribution < 1.29 is 4.79 Å².